The van der Waals surface area contributed by atoms with E-state index in [1.54, 1.807) is 12.1 Å². The van der Waals surface area contributed by atoms with Crippen molar-refractivity contribution in [2.24, 2.45) is 0 Å². The van der Waals surface area contributed by atoms with Crippen molar-refractivity contribution in [3.63, 3.8) is 0 Å². The largest absolute Gasteiger partial charge is 0.486 e. The van der Waals surface area contributed by atoms with E-state index in [4.69, 9.17) is 9.47 Å². The predicted octanol–water partition coefficient (Wildman–Crippen LogP) is 5.68. The molecule has 0 fully saturated rings. The normalized spacial score (nSPS) is 10.5. The molecule has 0 heterocycles. The summed E-state index contributed by atoms with van der Waals surface area (Å²) in [6, 6.07) is 24.3. The number of carbonyl (C=O) groups excluding carboxylic acids is 1. The summed E-state index contributed by atoms with van der Waals surface area (Å²) in [5, 5.41) is 0. The average Bonchev–Trinajstić information content (AvgIpc) is 2.83. The van der Waals surface area contributed by atoms with Crippen LogP contribution < -0.4 is 9.64 Å². The van der Waals surface area contributed by atoms with Gasteiger partial charge in [0.15, 0.2) is 0 Å². The number of hydrogen-bond acceptors (Lipinski definition) is 4. The summed E-state index contributed by atoms with van der Waals surface area (Å²) in [7, 11) is 1.39. The Morgan fingerprint density at radius 2 is 1.52 bits per heavy atom. The van der Waals surface area contributed by atoms with E-state index in [9.17, 15) is 4.79 Å². The van der Waals surface area contributed by atoms with Crippen LogP contribution in [0.2, 0.25) is 0 Å². The maximum absolute atomic E-state index is 11.7. The summed E-state index contributed by atoms with van der Waals surface area (Å²) in [4.78, 5) is 14.0. The monoisotopic (exact) mass is 417 g/mol. The first-order chi connectivity index (χ1) is 15.2. The number of esters is 1. The number of para-hydroxylation sites is 1. The van der Waals surface area contributed by atoms with Gasteiger partial charge in [0.25, 0.3) is 0 Å². The summed E-state index contributed by atoms with van der Waals surface area (Å²) in [6.07, 6.45) is 1.88. The molecule has 4 heteroatoms. The molecule has 0 saturated heterocycles. The molecule has 162 valence electrons. The number of methoxy groups -OCH3 is 1. The van der Waals surface area contributed by atoms with Crippen LogP contribution in [-0.2, 0) is 24.2 Å². The Morgan fingerprint density at radius 1 is 0.806 bits per heavy atom. The summed E-state index contributed by atoms with van der Waals surface area (Å²) in [6.45, 7) is 6.61. The van der Waals surface area contributed by atoms with E-state index in [-0.39, 0.29) is 5.97 Å². The third-order valence-corrected chi connectivity index (χ3v) is 5.46. The van der Waals surface area contributed by atoms with Crippen LogP contribution in [0.5, 0.6) is 5.75 Å². The quantitative estimate of drug-likeness (QED) is 0.398. The van der Waals surface area contributed by atoms with Crippen molar-refractivity contribution in [2.45, 2.75) is 33.3 Å². The van der Waals surface area contributed by atoms with Gasteiger partial charge in [-0.25, -0.2) is 4.79 Å². The fourth-order valence-electron chi connectivity index (χ4n) is 3.68. The van der Waals surface area contributed by atoms with Crippen LogP contribution in [0.15, 0.2) is 72.8 Å². The molecule has 31 heavy (non-hydrogen) atoms. The molecule has 3 rings (SSSR count). The van der Waals surface area contributed by atoms with Gasteiger partial charge in [-0.15, -0.1) is 0 Å². The molecule has 0 radical (unpaired) electrons. The van der Waals surface area contributed by atoms with E-state index < -0.39 is 0 Å². The second-order valence-electron chi connectivity index (χ2n) is 7.40. The highest BCUT2D eigenvalue weighted by molar-refractivity contribution is 5.89. The SMILES string of the molecule is CCN(CC)c1cccc(CCc2ccccc2)c1OCc1ccc(C(=O)OC)cc1. The molecule has 0 aromatic heterocycles. The van der Waals surface area contributed by atoms with Gasteiger partial charge in [-0.2, -0.15) is 0 Å². The first-order valence-electron chi connectivity index (χ1n) is 10.9. The number of ether oxygens (including phenoxy) is 2. The molecule has 0 aliphatic rings. The standard InChI is InChI=1S/C27H31NO3/c1-4-28(5-2)25-13-9-12-23(17-14-21-10-7-6-8-11-21)26(25)31-20-22-15-18-24(19-16-22)27(29)30-3/h6-13,15-16,18-19H,4-5,14,17,20H2,1-3H3. The van der Waals surface area contributed by atoms with Crippen molar-refractivity contribution in [3.8, 4) is 5.75 Å². The van der Waals surface area contributed by atoms with E-state index in [0.717, 1.165) is 42.9 Å². The van der Waals surface area contributed by atoms with E-state index >= 15 is 0 Å². The van der Waals surface area contributed by atoms with Crippen molar-refractivity contribution >= 4 is 11.7 Å². The van der Waals surface area contributed by atoms with Crippen LogP contribution in [0.25, 0.3) is 0 Å². The molecular formula is C27H31NO3. The van der Waals surface area contributed by atoms with Crippen molar-refractivity contribution in [2.75, 3.05) is 25.1 Å². The number of hydrogen-bond donors (Lipinski definition) is 0. The van der Waals surface area contributed by atoms with Gasteiger partial charge < -0.3 is 14.4 Å². The molecule has 0 unspecified atom stereocenters. The number of aryl methyl sites for hydroxylation is 2. The van der Waals surface area contributed by atoms with Crippen LogP contribution in [0.4, 0.5) is 5.69 Å². The highest BCUT2D eigenvalue weighted by atomic mass is 16.5. The van der Waals surface area contributed by atoms with E-state index in [1.807, 2.05) is 18.2 Å². The van der Waals surface area contributed by atoms with Crippen molar-refractivity contribution in [3.05, 3.63) is 95.1 Å². The van der Waals surface area contributed by atoms with Crippen LogP contribution in [0, 0.1) is 0 Å². The van der Waals surface area contributed by atoms with Gasteiger partial charge in [-0.05, 0) is 61.6 Å². The fourth-order valence-corrected chi connectivity index (χ4v) is 3.68. The Balaban J connectivity index is 1.82. The molecule has 3 aromatic rings. The number of carbonyl (C=O) groups is 1. The molecule has 4 nitrogen and oxygen atoms in total. The molecule has 3 aromatic carbocycles. The van der Waals surface area contributed by atoms with Gasteiger partial charge in [0, 0.05) is 13.1 Å². The first-order valence-corrected chi connectivity index (χ1v) is 10.9. The van der Waals surface area contributed by atoms with Gasteiger partial charge in [-0.1, -0.05) is 54.6 Å². The lowest BCUT2D eigenvalue weighted by Gasteiger charge is -2.26. The van der Waals surface area contributed by atoms with E-state index in [1.165, 1.54) is 18.2 Å². The van der Waals surface area contributed by atoms with Crippen LogP contribution >= 0.6 is 0 Å². The zero-order chi connectivity index (χ0) is 22.1. The van der Waals surface area contributed by atoms with E-state index in [2.05, 4.69) is 61.2 Å². The van der Waals surface area contributed by atoms with E-state index in [0.29, 0.717) is 12.2 Å². The minimum absolute atomic E-state index is 0.331. The maximum Gasteiger partial charge on any atom is 0.337 e. The van der Waals surface area contributed by atoms with Crippen LogP contribution in [-0.4, -0.2) is 26.2 Å². The van der Waals surface area contributed by atoms with Crippen molar-refractivity contribution < 1.29 is 14.3 Å². The van der Waals surface area contributed by atoms with Crippen LogP contribution in [0.1, 0.15) is 40.9 Å². The molecule has 0 N–H and O–H groups in total. The van der Waals surface area contributed by atoms with Gasteiger partial charge in [0.2, 0.25) is 0 Å². The minimum atomic E-state index is -0.331. The molecule has 0 amide bonds. The molecule has 0 atom stereocenters. The second kappa shape index (κ2) is 11.2. The molecule has 0 aliphatic heterocycles. The Morgan fingerprint density at radius 3 is 2.16 bits per heavy atom. The lowest BCUT2D eigenvalue weighted by molar-refractivity contribution is 0.0600. The number of anilines is 1. The molecule has 0 aliphatic carbocycles. The zero-order valence-electron chi connectivity index (χ0n) is 18.6. The fraction of sp³-hybridized carbons (Fsp3) is 0.296. The third-order valence-electron chi connectivity index (χ3n) is 5.46. The van der Waals surface area contributed by atoms with Crippen molar-refractivity contribution in [1.29, 1.82) is 0 Å². The van der Waals surface area contributed by atoms with Gasteiger partial charge in [-0.3, -0.25) is 0 Å². The number of benzene rings is 3. The Hall–Kier alpha value is -3.27. The Kier molecular flexibility index (Phi) is 8.11. The van der Waals surface area contributed by atoms with Gasteiger partial charge in [0.05, 0.1) is 18.4 Å². The highest BCUT2D eigenvalue weighted by Gasteiger charge is 2.15. The third kappa shape index (κ3) is 5.88. The molecular weight excluding hydrogens is 386 g/mol. The molecule has 0 saturated carbocycles. The summed E-state index contributed by atoms with van der Waals surface area (Å²) in [5.41, 5.74) is 5.20. The Bertz CT molecular complexity index is 964. The Labute approximate surface area is 185 Å². The molecule has 0 spiro atoms. The number of rotatable bonds is 10. The smallest absolute Gasteiger partial charge is 0.337 e. The first kappa shape index (κ1) is 22.4. The summed E-state index contributed by atoms with van der Waals surface area (Å²) in [5.74, 6) is 0.613. The zero-order valence-corrected chi connectivity index (χ0v) is 18.6. The van der Waals surface area contributed by atoms with Crippen molar-refractivity contribution in [1.82, 2.24) is 0 Å². The maximum atomic E-state index is 11.7. The lowest BCUT2D eigenvalue weighted by Crippen LogP contribution is -2.23. The van der Waals surface area contributed by atoms with Crippen LogP contribution in [0.3, 0.4) is 0 Å². The highest BCUT2D eigenvalue weighted by Crippen LogP contribution is 2.34. The number of nitrogens with zero attached hydrogens (tertiary/aromatic N) is 1. The summed E-state index contributed by atoms with van der Waals surface area (Å²) < 4.78 is 11.2. The lowest BCUT2D eigenvalue weighted by atomic mass is 10.0. The average molecular weight is 418 g/mol. The van der Waals surface area contributed by atoms with Gasteiger partial charge in [0.1, 0.15) is 12.4 Å². The second-order valence-corrected chi connectivity index (χ2v) is 7.40. The minimum Gasteiger partial charge on any atom is -0.486 e. The predicted molar refractivity (Wildman–Crippen MR) is 126 cm³/mol. The van der Waals surface area contributed by atoms with Gasteiger partial charge >= 0.3 is 5.97 Å². The summed E-state index contributed by atoms with van der Waals surface area (Å²) >= 11 is 0. The topological polar surface area (TPSA) is 38.8 Å². The molecule has 0 bridgehead atoms.